The summed E-state index contributed by atoms with van der Waals surface area (Å²) in [6.07, 6.45) is 1.47. The number of anilines is 2. The lowest BCUT2D eigenvalue weighted by Gasteiger charge is -2.30. The highest BCUT2D eigenvalue weighted by Crippen LogP contribution is 2.25. The van der Waals surface area contributed by atoms with Crippen LogP contribution in [0.25, 0.3) is 0 Å². The number of nitrogens with zero attached hydrogens (tertiary/aromatic N) is 1. The molecule has 1 heterocycles. The zero-order valence-electron chi connectivity index (χ0n) is 16.6. The van der Waals surface area contributed by atoms with Crippen LogP contribution in [0.2, 0.25) is 10.0 Å². The third-order valence-electron chi connectivity index (χ3n) is 5.30. The molecule has 1 aliphatic rings. The van der Waals surface area contributed by atoms with E-state index in [1.807, 2.05) is 32.0 Å². The molecule has 0 aromatic heterocycles. The van der Waals surface area contributed by atoms with Crippen molar-refractivity contribution in [2.75, 3.05) is 30.3 Å². The molecule has 154 valence electrons. The van der Waals surface area contributed by atoms with Crippen molar-refractivity contribution in [1.82, 2.24) is 4.90 Å². The summed E-state index contributed by atoms with van der Waals surface area (Å²) >= 11 is 11.9. The van der Waals surface area contributed by atoms with E-state index in [1.54, 1.807) is 18.2 Å². The summed E-state index contributed by atoms with van der Waals surface area (Å²) in [5, 5.41) is 6.70. The number of nitrogens with one attached hydrogen (secondary N) is 2. The van der Waals surface area contributed by atoms with Crippen LogP contribution in [-0.4, -0.2) is 36.3 Å². The Hall–Kier alpha value is -2.08. The van der Waals surface area contributed by atoms with Crippen LogP contribution in [-0.2, 0) is 9.59 Å². The van der Waals surface area contributed by atoms with Gasteiger partial charge in [-0.3, -0.25) is 14.5 Å². The molecule has 0 bridgehead atoms. The highest BCUT2D eigenvalue weighted by atomic mass is 35.5. The Morgan fingerprint density at radius 3 is 2.24 bits per heavy atom. The molecule has 0 spiro atoms. The van der Waals surface area contributed by atoms with Gasteiger partial charge in [-0.15, -0.1) is 0 Å². The largest absolute Gasteiger partial charge is 0.326 e. The maximum atomic E-state index is 12.6. The molecule has 2 aromatic rings. The van der Waals surface area contributed by atoms with Crippen molar-refractivity contribution in [3.63, 3.8) is 0 Å². The first-order valence-electron chi connectivity index (χ1n) is 9.67. The molecule has 7 heteroatoms. The van der Waals surface area contributed by atoms with E-state index in [0.29, 0.717) is 28.8 Å². The molecule has 29 heavy (non-hydrogen) atoms. The second kappa shape index (κ2) is 9.61. The molecule has 0 aliphatic carbocycles. The van der Waals surface area contributed by atoms with Crippen LogP contribution in [0.3, 0.4) is 0 Å². The Bertz CT molecular complexity index is 909. The fourth-order valence-corrected chi connectivity index (χ4v) is 3.69. The van der Waals surface area contributed by atoms with Crippen LogP contribution < -0.4 is 10.6 Å². The second-order valence-corrected chi connectivity index (χ2v) is 8.33. The molecule has 0 unspecified atom stereocenters. The minimum absolute atomic E-state index is 0.0361. The topological polar surface area (TPSA) is 61.4 Å². The Balaban J connectivity index is 1.45. The van der Waals surface area contributed by atoms with E-state index in [9.17, 15) is 9.59 Å². The SMILES string of the molecule is Cc1ccc(NC(=O)C2CCN(CC(=O)Nc3ccc(Cl)c(Cl)c3)CC2)cc1C. The van der Waals surface area contributed by atoms with Crippen LogP contribution in [0.5, 0.6) is 0 Å². The summed E-state index contributed by atoms with van der Waals surface area (Å²) in [7, 11) is 0. The van der Waals surface area contributed by atoms with Gasteiger partial charge in [-0.25, -0.2) is 0 Å². The fraction of sp³-hybridized carbons (Fsp3) is 0.364. The Labute approximate surface area is 181 Å². The quantitative estimate of drug-likeness (QED) is 0.704. The number of amides is 2. The van der Waals surface area contributed by atoms with Gasteiger partial charge >= 0.3 is 0 Å². The average Bonchev–Trinajstić information content (AvgIpc) is 2.68. The summed E-state index contributed by atoms with van der Waals surface area (Å²) in [5.41, 5.74) is 3.81. The lowest BCUT2D eigenvalue weighted by Crippen LogP contribution is -2.41. The van der Waals surface area contributed by atoms with E-state index in [4.69, 9.17) is 23.2 Å². The van der Waals surface area contributed by atoms with Crippen LogP contribution in [0.1, 0.15) is 24.0 Å². The Kier molecular flexibility index (Phi) is 7.17. The third kappa shape index (κ3) is 5.95. The molecule has 3 rings (SSSR count). The number of benzene rings is 2. The molecule has 1 aliphatic heterocycles. The van der Waals surface area contributed by atoms with Crippen molar-refractivity contribution in [3.05, 3.63) is 57.6 Å². The lowest BCUT2D eigenvalue weighted by atomic mass is 9.95. The number of carbonyl (C=O) groups is 2. The Morgan fingerprint density at radius 1 is 0.931 bits per heavy atom. The van der Waals surface area contributed by atoms with E-state index in [0.717, 1.165) is 24.1 Å². The molecular weight excluding hydrogens is 409 g/mol. The first kappa shape index (κ1) is 21.6. The van der Waals surface area contributed by atoms with Gasteiger partial charge in [0.15, 0.2) is 0 Å². The van der Waals surface area contributed by atoms with E-state index in [-0.39, 0.29) is 24.3 Å². The van der Waals surface area contributed by atoms with E-state index < -0.39 is 0 Å². The summed E-state index contributed by atoms with van der Waals surface area (Å²) in [6, 6.07) is 10.9. The predicted molar refractivity (Wildman–Crippen MR) is 119 cm³/mol. The van der Waals surface area contributed by atoms with Crippen molar-refractivity contribution in [2.24, 2.45) is 5.92 Å². The van der Waals surface area contributed by atoms with Gasteiger partial charge in [-0.1, -0.05) is 29.3 Å². The highest BCUT2D eigenvalue weighted by Gasteiger charge is 2.26. The molecule has 0 saturated carbocycles. The molecule has 0 atom stereocenters. The summed E-state index contributed by atoms with van der Waals surface area (Å²) in [4.78, 5) is 26.9. The number of halogens is 2. The van der Waals surface area contributed by atoms with Gasteiger partial charge in [0.2, 0.25) is 11.8 Å². The lowest BCUT2D eigenvalue weighted by molar-refractivity contribution is -0.121. The minimum Gasteiger partial charge on any atom is -0.326 e. The zero-order chi connectivity index (χ0) is 21.0. The average molecular weight is 434 g/mol. The van der Waals surface area contributed by atoms with Gasteiger partial charge < -0.3 is 10.6 Å². The van der Waals surface area contributed by atoms with E-state index in [2.05, 4.69) is 15.5 Å². The molecule has 1 saturated heterocycles. The van der Waals surface area contributed by atoms with Crippen molar-refractivity contribution < 1.29 is 9.59 Å². The number of aryl methyl sites for hydroxylation is 2. The molecule has 5 nitrogen and oxygen atoms in total. The van der Waals surface area contributed by atoms with Gasteiger partial charge in [-0.2, -0.15) is 0 Å². The molecule has 2 aromatic carbocycles. The monoisotopic (exact) mass is 433 g/mol. The zero-order valence-corrected chi connectivity index (χ0v) is 18.1. The molecular formula is C22H25Cl2N3O2. The van der Waals surface area contributed by atoms with Crippen molar-refractivity contribution in [1.29, 1.82) is 0 Å². The second-order valence-electron chi connectivity index (χ2n) is 7.52. The number of hydrogen-bond donors (Lipinski definition) is 2. The molecule has 2 N–H and O–H groups in total. The van der Waals surface area contributed by atoms with Crippen molar-refractivity contribution >= 4 is 46.4 Å². The van der Waals surface area contributed by atoms with Crippen LogP contribution in [0.4, 0.5) is 11.4 Å². The van der Waals surface area contributed by atoms with Crippen molar-refractivity contribution in [3.8, 4) is 0 Å². The number of carbonyl (C=O) groups excluding carboxylic acids is 2. The van der Waals surface area contributed by atoms with Crippen LogP contribution >= 0.6 is 23.2 Å². The summed E-state index contributed by atoms with van der Waals surface area (Å²) in [6.45, 7) is 5.78. The first-order valence-corrected chi connectivity index (χ1v) is 10.4. The van der Waals surface area contributed by atoms with Gasteiger partial charge in [0.25, 0.3) is 0 Å². The molecule has 2 amide bonds. The van der Waals surface area contributed by atoms with Crippen LogP contribution in [0, 0.1) is 19.8 Å². The third-order valence-corrected chi connectivity index (χ3v) is 6.04. The van der Waals surface area contributed by atoms with Gasteiger partial charge in [0.1, 0.15) is 0 Å². The molecule has 0 radical (unpaired) electrons. The Morgan fingerprint density at radius 2 is 1.59 bits per heavy atom. The number of hydrogen-bond acceptors (Lipinski definition) is 3. The first-order chi connectivity index (χ1) is 13.8. The van der Waals surface area contributed by atoms with E-state index in [1.165, 1.54) is 5.56 Å². The smallest absolute Gasteiger partial charge is 0.238 e. The fourth-order valence-electron chi connectivity index (χ4n) is 3.39. The number of likely N-dealkylation sites (tertiary alicyclic amines) is 1. The highest BCUT2D eigenvalue weighted by molar-refractivity contribution is 6.42. The summed E-state index contributed by atoms with van der Waals surface area (Å²) in [5.74, 6) is -0.0967. The normalized spacial score (nSPS) is 15.2. The number of rotatable bonds is 5. The predicted octanol–water partition coefficient (Wildman–Crippen LogP) is 4.90. The summed E-state index contributed by atoms with van der Waals surface area (Å²) < 4.78 is 0. The number of piperidine rings is 1. The van der Waals surface area contributed by atoms with Crippen molar-refractivity contribution in [2.45, 2.75) is 26.7 Å². The van der Waals surface area contributed by atoms with Crippen LogP contribution in [0.15, 0.2) is 36.4 Å². The van der Waals surface area contributed by atoms with Gasteiger partial charge in [0.05, 0.1) is 16.6 Å². The minimum atomic E-state index is -0.110. The maximum absolute atomic E-state index is 12.6. The maximum Gasteiger partial charge on any atom is 0.238 e. The molecule has 1 fully saturated rings. The standard InChI is InChI=1S/C22H25Cl2N3O2/c1-14-3-4-17(11-15(14)2)26-22(29)16-7-9-27(10-8-16)13-21(28)25-18-5-6-19(23)20(24)12-18/h3-6,11-12,16H,7-10,13H2,1-2H3,(H,25,28)(H,26,29). The van der Waals surface area contributed by atoms with E-state index >= 15 is 0 Å². The van der Waals surface area contributed by atoms with Gasteiger partial charge in [0, 0.05) is 17.3 Å². The van der Waals surface area contributed by atoms with Gasteiger partial charge in [-0.05, 0) is 81.2 Å².